The molecule has 2 aliphatic rings. The van der Waals surface area contributed by atoms with Crippen molar-refractivity contribution in [3.63, 3.8) is 0 Å². The maximum absolute atomic E-state index is 13.2. The molecule has 0 aromatic heterocycles. The van der Waals surface area contributed by atoms with Gasteiger partial charge >= 0.3 is 0 Å². The topological polar surface area (TPSA) is 89.9 Å². The van der Waals surface area contributed by atoms with Gasteiger partial charge < -0.3 is 15.5 Å². The SMILES string of the molecule is CC(=O)[C@@H]1C[C@@H]2CCCC[C@@H]2CN1C[C@@H](O)[C@H](CSc1ccccc1)NC(=O)c1cccc(O)c1C. The molecule has 3 N–H and O–H groups in total. The number of ketones is 1. The van der Waals surface area contributed by atoms with Gasteiger partial charge in [-0.3, -0.25) is 14.5 Å². The van der Waals surface area contributed by atoms with Gasteiger partial charge in [0.1, 0.15) is 11.5 Å². The van der Waals surface area contributed by atoms with Gasteiger partial charge in [0.15, 0.2) is 0 Å². The number of β-amino-alcohol motifs (C(OH)–C–C–N with tert-alkyl or cyclic N) is 1. The number of hydrogen-bond acceptors (Lipinski definition) is 6. The van der Waals surface area contributed by atoms with Gasteiger partial charge in [-0.1, -0.05) is 43.5 Å². The van der Waals surface area contributed by atoms with Gasteiger partial charge in [-0.15, -0.1) is 11.8 Å². The predicted octanol–water partition coefficient (Wildman–Crippen LogP) is 4.42. The molecule has 5 atom stereocenters. The number of aliphatic hydroxyl groups excluding tert-OH is 1. The first-order chi connectivity index (χ1) is 17.3. The number of phenols is 1. The van der Waals surface area contributed by atoms with E-state index < -0.39 is 12.1 Å². The monoisotopic (exact) mass is 510 g/mol. The molecule has 0 bridgehead atoms. The quantitative estimate of drug-likeness (QED) is 0.433. The molecule has 1 saturated heterocycles. The number of fused-ring (bicyclic) bond motifs is 1. The fourth-order valence-electron chi connectivity index (χ4n) is 5.76. The van der Waals surface area contributed by atoms with Crippen LogP contribution < -0.4 is 5.32 Å². The number of Topliss-reactive ketones (excluding diaryl/α,β-unsaturated/α-hetero) is 1. The maximum atomic E-state index is 13.2. The molecule has 194 valence electrons. The lowest BCUT2D eigenvalue weighted by Crippen LogP contribution is -2.56. The summed E-state index contributed by atoms with van der Waals surface area (Å²) in [6.45, 7) is 4.53. The first-order valence-electron chi connectivity index (χ1n) is 13.0. The molecule has 1 amide bonds. The predicted molar refractivity (Wildman–Crippen MR) is 143 cm³/mol. The van der Waals surface area contributed by atoms with Crippen molar-refractivity contribution in [3.05, 3.63) is 59.7 Å². The van der Waals surface area contributed by atoms with Crippen molar-refractivity contribution in [1.29, 1.82) is 0 Å². The Morgan fingerprint density at radius 2 is 1.81 bits per heavy atom. The van der Waals surface area contributed by atoms with Crippen molar-refractivity contribution in [2.45, 2.75) is 69.0 Å². The van der Waals surface area contributed by atoms with Crippen LogP contribution in [0.4, 0.5) is 0 Å². The number of likely N-dealkylation sites (tertiary alicyclic amines) is 1. The minimum atomic E-state index is -0.843. The molecule has 1 heterocycles. The molecule has 6 nitrogen and oxygen atoms in total. The zero-order valence-electron chi connectivity index (χ0n) is 21.2. The molecule has 1 aliphatic heterocycles. The van der Waals surface area contributed by atoms with E-state index in [-0.39, 0.29) is 23.5 Å². The van der Waals surface area contributed by atoms with Crippen molar-refractivity contribution >= 4 is 23.5 Å². The number of nitrogens with one attached hydrogen (secondary N) is 1. The molecule has 36 heavy (non-hydrogen) atoms. The number of amides is 1. The summed E-state index contributed by atoms with van der Waals surface area (Å²) in [5, 5.41) is 24.5. The van der Waals surface area contributed by atoms with Crippen LogP contribution in [-0.4, -0.2) is 63.8 Å². The van der Waals surface area contributed by atoms with E-state index >= 15 is 0 Å². The van der Waals surface area contributed by atoms with Crippen molar-refractivity contribution in [2.75, 3.05) is 18.8 Å². The van der Waals surface area contributed by atoms with Crippen LogP contribution in [-0.2, 0) is 4.79 Å². The van der Waals surface area contributed by atoms with Crippen LogP contribution in [0.2, 0.25) is 0 Å². The number of thioether (sulfide) groups is 1. The van der Waals surface area contributed by atoms with Crippen molar-refractivity contribution < 1.29 is 19.8 Å². The van der Waals surface area contributed by atoms with Gasteiger partial charge in [0, 0.05) is 34.9 Å². The molecule has 7 heteroatoms. The lowest BCUT2D eigenvalue weighted by atomic mass is 9.72. The maximum Gasteiger partial charge on any atom is 0.252 e. The largest absolute Gasteiger partial charge is 0.508 e. The van der Waals surface area contributed by atoms with Gasteiger partial charge in [0.2, 0.25) is 0 Å². The van der Waals surface area contributed by atoms with Gasteiger partial charge in [0.05, 0.1) is 18.2 Å². The summed E-state index contributed by atoms with van der Waals surface area (Å²) in [6.07, 6.45) is 4.88. The Balaban J connectivity index is 1.50. The van der Waals surface area contributed by atoms with Crippen molar-refractivity contribution in [3.8, 4) is 5.75 Å². The van der Waals surface area contributed by atoms with E-state index in [2.05, 4.69) is 10.2 Å². The molecule has 2 aromatic carbocycles. The number of piperidine rings is 1. The highest BCUT2D eigenvalue weighted by molar-refractivity contribution is 7.99. The number of benzene rings is 2. The zero-order valence-corrected chi connectivity index (χ0v) is 22.0. The van der Waals surface area contributed by atoms with Crippen LogP contribution in [0.1, 0.15) is 54.9 Å². The zero-order chi connectivity index (χ0) is 25.7. The van der Waals surface area contributed by atoms with Gasteiger partial charge in [-0.2, -0.15) is 0 Å². The molecule has 1 aliphatic carbocycles. The summed E-state index contributed by atoms with van der Waals surface area (Å²) in [7, 11) is 0. The fourth-order valence-corrected chi connectivity index (χ4v) is 6.79. The summed E-state index contributed by atoms with van der Waals surface area (Å²) in [5.74, 6) is 1.55. The Hall–Kier alpha value is -2.35. The smallest absolute Gasteiger partial charge is 0.252 e. The van der Waals surface area contributed by atoms with Gasteiger partial charge in [-0.25, -0.2) is 0 Å². The second-order valence-electron chi connectivity index (χ2n) is 10.3. The average molecular weight is 511 g/mol. The highest BCUT2D eigenvalue weighted by atomic mass is 32.2. The fraction of sp³-hybridized carbons (Fsp3) is 0.517. The van der Waals surface area contributed by atoms with Crippen LogP contribution >= 0.6 is 11.8 Å². The highest BCUT2D eigenvalue weighted by Crippen LogP contribution is 2.39. The summed E-state index contributed by atoms with van der Waals surface area (Å²) in [6, 6.07) is 14.1. The number of aromatic hydroxyl groups is 1. The van der Waals surface area contributed by atoms with E-state index in [4.69, 9.17) is 0 Å². The van der Waals surface area contributed by atoms with Crippen molar-refractivity contribution in [2.24, 2.45) is 11.8 Å². The second-order valence-corrected chi connectivity index (χ2v) is 11.4. The molecular weight excluding hydrogens is 472 g/mol. The Kier molecular flexibility index (Phi) is 9.09. The summed E-state index contributed by atoms with van der Waals surface area (Å²) >= 11 is 1.58. The van der Waals surface area contributed by atoms with Gasteiger partial charge in [0.25, 0.3) is 5.91 Å². The third kappa shape index (κ3) is 6.50. The molecule has 1 saturated carbocycles. The summed E-state index contributed by atoms with van der Waals surface area (Å²) in [5.41, 5.74) is 0.900. The Bertz CT molecular complexity index is 1050. The van der Waals surface area contributed by atoms with Crippen LogP contribution in [0.15, 0.2) is 53.4 Å². The van der Waals surface area contributed by atoms with E-state index in [9.17, 15) is 19.8 Å². The average Bonchev–Trinajstić information content (AvgIpc) is 2.88. The lowest BCUT2D eigenvalue weighted by Gasteiger charge is -2.46. The van der Waals surface area contributed by atoms with Crippen LogP contribution in [0.25, 0.3) is 0 Å². The standard InChI is InChI=1S/C29H38N2O4S/c1-19-24(13-8-14-27(19)33)29(35)30-25(18-36-23-11-4-3-5-12-23)28(34)17-31-16-22-10-7-6-9-21(22)15-26(31)20(2)32/h3-5,8,11-14,21-22,25-26,28,33-34H,6-7,9-10,15-18H2,1-2H3,(H,30,35)/t21-,22+,25-,26-,28+/m0/s1. The summed E-state index contributed by atoms with van der Waals surface area (Å²) in [4.78, 5) is 29.0. The molecular formula is C29H38N2O4S. The first kappa shape index (κ1) is 26.7. The van der Waals surface area contributed by atoms with E-state index in [1.54, 1.807) is 43.8 Å². The second kappa shape index (κ2) is 12.3. The minimum absolute atomic E-state index is 0.0676. The third-order valence-electron chi connectivity index (χ3n) is 7.90. The Morgan fingerprint density at radius 3 is 2.53 bits per heavy atom. The Morgan fingerprint density at radius 1 is 1.08 bits per heavy atom. The number of hydrogen-bond donors (Lipinski definition) is 3. The number of phenolic OH excluding ortho intramolecular Hbond substituents is 1. The number of rotatable bonds is 9. The van der Waals surface area contributed by atoms with Crippen LogP contribution in [0, 0.1) is 18.8 Å². The molecule has 4 rings (SSSR count). The number of carbonyl (C=O) groups is 2. The lowest BCUT2D eigenvalue weighted by molar-refractivity contribution is -0.126. The van der Waals surface area contributed by atoms with E-state index in [1.165, 1.54) is 25.7 Å². The molecule has 0 unspecified atom stereocenters. The molecule has 0 spiro atoms. The number of carbonyl (C=O) groups excluding carboxylic acids is 2. The number of aliphatic hydroxyl groups is 1. The normalized spacial score (nSPS) is 23.9. The Labute approximate surface area is 218 Å². The van der Waals surface area contributed by atoms with Crippen LogP contribution in [0.3, 0.4) is 0 Å². The highest BCUT2D eigenvalue weighted by Gasteiger charge is 2.40. The van der Waals surface area contributed by atoms with Crippen LogP contribution in [0.5, 0.6) is 5.75 Å². The minimum Gasteiger partial charge on any atom is -0.508 e. The molecule has 0 radical (unpaired) electrons. The van der Waals surface area contributed by atoms with Crippen molar-refractivity contribution in [1.82, 2.24) is 10.2 Å². The molecule has 2 aromatic rings. The van der Waals surface area contributed by atoms with E-state index in [0.717, 1.165) is 17.9 Å². The molecule has 2 fully saturated rings. The third-order valence-corrected chi connectivity index (χ3v) is 9.03. The first-order valence-corrected chi connectivity index (χ1v) is 14.0. The van der Waals surface area contributed by atoms with Gasteiger partial charge in [-0.05, 0) is 62.8 Å². The summed E-state index contributed by atoms with van der Waals surface area (Å²) < 4.78 is 0. The number of nitrogens with zero attached hydrogens (tertiary/aromatic N) is 1. The van der Waals surface area contributed by atoms with E-state index in [0.29, 0.717) is 35.3 Å². The van der Waals surface area contributed by atoms with E-state index in [1.807, 2.05) is 30.3 Å².